The van der Waals surface area contributed by atoms with Crippen LogP contribution in [-0.2, 0) is 16.0 Å². The molecule has 31 heavy (non-hydrogen) atoms. The van der Waals surface area contributed by atoms with Crippen LogP contribution in [0, 0.1) is 0 Å². The van der Waals surface area contributed by atoms with Crippen LogP contribution in [0.4, 0.5) is 11.4 Å². The molecule has 3 rings (SSSR count). The highest BCUT2D eigenvalue weighted by Gasteiger charge is 2.26. The second kappa shape index (κ2) is 9.72. The van der Waals surface area contributed by atoms with E-state index < -0.39 is 12.0 Å². The topological polar surface area (TPSA) is 116 Å². The van der Waals surface area contributed by atoms with E-state index in [0.29, 0.717) is 31.2 Å². The molecule has 0 spiro atoms. The Balaban J connectivity index is 1.56. The highest BCUT2D eigenvalue weighted by Crippen LogP contribution is 2.20. The lowest BCUT2D eigenvalue weighted by Gasteiger charge is -2.36. The molecule has 2 amide bonds. The fourth-order valence-corrected chi connectivity index (χ4v) is 3.49. The Labute approximate surface area is 181 Å². The molecule has 8 heteroatoms. The van der Waals surface area contributed by atoms with Crippen LogP contribution in [0.25, 0.3) is 0 Å². The Morgan fingerprint density at radius 3 is 2.26 bits per heavy atom. The van der Waals surface area contributed by atoms with Crippen molar-refractivity contribution in [1.29, 1.82) is 0 Å². The highest BCUT2D eigenvalue weighted by molar-refractivity contribution is 5.96. The lowest BCUT2D eigenvalue weighted by Crippen LogP contribution is -2.52. The van der Waals surface area contributed by atoms with E-state index in [4.69, 9.17) is 10.8 Å². The van der Waals surface area contributed by atoms with Gasteiger partial charge in [0.1, 0.15) is 0 Å². The van der Waals surface area contributed by atoms with Crippen LogP contribution in [0.15, 0.2) is 48.5 Å². The molecule has 8 nitrogen and oxygen atoms in total. The van der Waals surface area contributed by atoms with E-state index in [1.54, 1.807) is 4.90 Å². The minimum absolute atomic E-state index is 0.0812. The molecule has 4 N–H and O–H groups in total. The number of carboxylic acids is 1. The number of nitrogens with two attached hydrogens (primary N) is 1. The number of nitrogens with zero attached hydrogens (tertiary/aromatic N) is 2. The summed E-state index contributed by atoms with van der Waals surface area (Å²) in [5.41, 5.74) is 8.41. The van der Waals surface area contributed by atoms with Gasteiger partial charge in [-0.1, -0.05) is 12.1 Å². The third-order valence-electron chi connectivity index (χ3n) is 5.42. The number of benzene rings is 2. The van der Waals surface area contributed by atoms with E-state index in [2.05, 4.69) is 24.1 Å². The number of nitrogens with one attached hydrogen (secondary N) is 1. The van der Waals surface area contributed by atoms with Crippen molar-refractivity contribution in [2.24, 2.45) is 5.73 Å². The van der Waals surface area contributed by atoms with Crippen molar-refractivity contribution in [3.63, 3.8) is 0 Å². The van der Waals surface area contributed by atoms with Crippen molar-refractivity contribution in [2.45, 2.75) is 32.4 Å². The van der Waals surface area contributed by atoms with Crippen molar-refractivity contribution in [3.8, 4) is 0 Å². The summed E-state index contributed by atoms with van der Waals surface area (Å²) in [6.07, 6.45) is 0.342. The van der Waals surface area contributed by atoms with Crippen LogP contribution in [-0.4, -0.2) is 59.5 Å². The van der Waals surface area contributed by atoms with Crippen LogP contribution in [0.1, 0.15) is 29.8 Å². The summed E-state index contributed by atoms with van der Waals surface area (Å²) in [5, 5.41) is 11.6. The average Bonchev–Trinajstić information content (AvgIpc) is 2.74. The SMILES string of the molecule is CC(C)N1CCN(c2ccc(CC(N)C(=O)Nc3ccc(C(=O)O)cc3)cc2)C(=O)C1. The van der Waals surface area contributed by atoms with E-state index in [1.165, 1.54) is 24.3 Å². The van der Waals surface area contributed by atoms with Gasteiger partial charge in [-0.2, -0.15) is 0 Å². The second-order valence-corrected chi connectivity index (χ2v) is 7.96. The van der Waals surface area contributed by atoms with Gasteiger partial charge in [0, 0.05) is 30.5 Å². The lowest BCUT2D eigenvalue weighted by molar-refractivity contribution is -0.121. The number of carbonyl (C=O) groups is 3. The van der Waals surface area contributed by atoms with E-state index in [0.717, 1.165) is 17.8 Å². The monoisotopic (exact) mass is 424 g/mol. The number of carboxylic acid groups (broad SMARTS) is 1. The van der Waals surface area contributed by atoms with Crippen LogP contribution < -0.4 is 16.0 Å². The molecule has 0 saturated carbocycles. The van der Waals surface area contributed by atoms with Crippen molar-refractivity contribution in [1.82, 2.24) is 4.90 Å². The highest BCUT2D eigenvalue weighted by atomic mass is 16.4. The van der Waals surface area contributed by atoms with Gasteiger partial charge in [-0.05, 0) is 62.2 Å². The van der Waals surface area contributed by atoms with Gasteiger partial charge >= 0.3 is 5.97 Å². The lowest BCUT2D eigenvalue weighted by atomic mass is 10.0. The number of carbonyl (C=O) groups excluding carboxylic acids is 2. The smallest absolute Gasteiger partial charge is 0.335 e. The third kappa shape index (κ3) is 5.68. The Kier molecular flexibility index (Phi) is 7.04. The number of piperazine rings is 1. The second-order valence-electron chi connectivity index (χ2n) is 7.96. The van der Waals surface area contributed by atoms with Crippen LogP contribution in [0.2, 0.25) is 0 Å². The van der Waals surface area contributed by atoms with E-state index in [9.17, 15) is 14.4 Å². The normalized spacial score (nSPS) is 15.7. The minimum Gasteiger partial charge on any atom is -0.478 e. The quantitative estimate of drug-likeness (QED) is 0.626. The van der Waals surface area contributed by atoms with Gasteiger partial charge in [-0.3, -0.25) is 14.5 Å². The summed E-state index contributed by atoms with van der Waals surface area (Å²) >= 11 is 0. The molecule has 1 aliphatic heterocycles. The minimum atomic E-state index is -1.03. The largest absolute Gasteiger partial charge is 0.478 e. The van der Waals surface area contributed by atoms with Crippen molar-refractivity contribution in [2.75, 3.05) is 29.9 Å². The standard InChI is InChI=1S/C23H28N4O4/c1-15(2)26-11-12-27(21(28)14-26)19-9-3-16(4-10-19)13-20(24)22(29)25-18-7-5-17(6-8-18)23(30)31/h3-10,15,20H,11-14,24H2,1-2H3,(H,25,29)(H,30,31). The maximum Gasteiger partial charge on any atom is 0.335 e. The molecule has 1 aliphatic rings. The van der Waals surface area contributed by atoms with Crippen molar-refractivity contribution < 1.29 is 19.5 Å². The molecule has 1 heterocycles. The molecule has 0 radical (unpaired) electrons. The summed E-state index contributed by atoms with van der Waals surface area (Å²) in [7, 11) is 0. The zero-order valence-electron chi connectivity index (χ0n) is 17.7. The number of anilines is 2. The Bertz CT molecular complexity index is 941. The molecule has 0 bridgehead atoms. The molecular weight excluding hydrogens is 396 g/mol. The van der Waals surface area contributed by atoms with E-state index >= 15 is 0 Å². The van der Waals surface area contributed by atoms with Gasteiger partial charge in [0.2, 0.25) is 11.8 Å². The van der Waals surface area contributed by atoms with Gasteiger partial charge in [0.15, 0.2) is 0 Å². The third-order valence-corrected chi connectivity index (χ3v) is 5.42. The summed E-state index contributed by atoms with van der Waals surface area (Å²) in [6, 6.07) is 13.0. The Morgan fingerprint density at radius 2 is 1.71 bits per heavy atom. The molecule has 1 atom stereocenters. The van der Waals surface area contributed by atoms with Crippen molar-refractivity contribution >= 4 is 29.2 Å². The van der Waals surface area contributed by atoms with E-state index in [-0.39, 0.29) is 17.4 Å². The first-order valence-electron chi connectivity index (χ1n) is 10.3. The predicted molar refractivity (Wildman–Crippen MR) is 119 cm³/mol. The molecule has 0 aliphatic carbocycles. The number of rotatable bonds is 7. The zero-order chi connectivity index (χ0) is 22.5. The molecule has 2 aromatic carbocycles. The number of hydrogen-bond donors (Lipinski definition) is 3. The molecule has 1 fully saturated rings. The van der Waals surface area contributed by atoms with Crippen molar-refractivity contribution in [3.05, 3.63) is 59.7 Å². The van der Waals surface area contributed by atoms with E-state index in [1.807, 2.05) is 24.3 Å². The Hall–Kier alpha value is -3.23. The summed E-state index contributed by atoms with van der Waals surface area (Å²) in [5.74, 6) is -1.30. The number of hydrogen-bond acceptors (Lipinski definition) is 5. The maximum absolute atomic E-state index is 12.5. The summed E-state index contributed by atoms with van der Waals surface area (Å²) in [6.45, 7) is 6.07. The molecular formula is C23H28N4O4. The summed E-state index contributed by atoms with van der Waals surface area (Å²) < 4.78 is 0. The molecule has 1 saturated heterocycles. The average molecular weight is 425 g/mol. The van der Waals surface area contributed by atoms with Gasteiger partial charge in [-0.15, -0.1) is 0 Å². The van der Waals surface area contributed by atoms with Gasteiger partial charge < -0.3 is 21.1 Å². The first kappa shape index (κ1) is 22.5. The van der Waals surface area contributed by atoms with Gasteiger partial charge in [-0.25, -0.2) is 4.79 Å². The molecule has 1 unspecified atom stereocenters. The van der Waals surface area contributed by atoms with Crippen LogP contribution in [0.5, 0.6) is 0 Å². The predicted octanol–water partition coefficient (Wildman–Crippen LogP) is 1.95. The first-order valence-corrected chi connectivity index (χ1v) is 10.3. The first-order chi connectivity index (χ1) is 14.7. The van der Waals surface area contributed by atoms with Crippen LogP contribution >= 0.6 is 0 Å². The van der Waals surface area contributed by atoms with Crippen LogP contribution in [0.3, 0.4) is 0 Å². The fourth-order valence-electron chi connectivity index (χ4n) is 3.49. The Morgan fingerprint density at radius 1 is 1.06 bits per heavy atom. The number of aromatic carboxylic acids is 1. The maximum atomic E-state index is 12.5. The van der Waals surface area contributed by atoms with Gasteiger partial charge in [0.05, 0.1) is 18.2 Å². The molecule has 0 aromatic heterocycles. The molecule has 2 aromatic rings. The van der Waals surface area contributed by atoms with Gasteiger partial charge in [0.25, 0.3) is 0 Å². The summed E-state index contributed by atoms with van der Waals surface area (Å²) in [4.78, 5) is 39.7. The molecule has 164 valence electrons. The zero-order valence-corrected chi connectivity index (χ0v) is 17.7. The fraction of sp³-hybridized carbons (Fsp3) is 0.348. The number of amides is 2.